The van der Waals surface area contributed by atoms with Crippen molar-refractivity contribution in [2.24, 2.45) is 28.6 Å². The average Bonchev–Trinajstić information content (AvgIpc) is 2.67. The number of carbonyl (C=O) groups excluding carboxylic acids is 3. The van der Waals surface area contributed by atoms with E-state index < -0.39 is 34.0 Å². The van der Waals surface area contributed by atoms with Crippen LogP contribution in [0.3, 0.4) is 0 Å². The van der Waals surface area contributed by atoms with Crippen LogP contribution in [0.1, 0.15) is 156 Å². The van der Waals surface area contributed by atoms with E-state index in [0.717, 1.165) is 19.3 Å². The SMILES string of the molecule is C.C.C.C.CCC(C)(CCC(C)(CC(=O)OC(C)(C)C)C(=O)OC(C)(C)C)C(=O)OC12CC3CC(CC(C3)C1)C2. The van der Waals surface area contributed by atoms with Crippen LogP contribution in [0.2, 0.25) is 0 Å². The number of esters is 3. The fourth-order valence-corrected chi connectivity index (χ4v) is 6.81. The fraction of sp³-hybridized carbons (Fsp3) is 0.912. The molecule has 2 atom stereocenters. The Kier molecular flexibility index (Phi) is 14.2. The summed E-state index contributed by atoms with van der Waals surface area (Å²) in [4.78, 5) is 39.8. The number of rotatable bonds is 9. The average molecular weight is 571 g/mol. The van der Waals surface area contributed by atoms with Crippen LogP contribution in [-0.2, 0) is 28.6 Å². The number of hydrogen-bond acceptors (Lipinski definition) is 6. The van der Waals surface area contributed by atoms with Crippen LogP contribution in [0.15, 0.2) is 0 Å². The quantitative estimate of drug-likeness (QED) is 0.203. The van der Waals surface area contributed by atoms with Crippen LogP contribution in [-0.4, -0.2) is 34.7 Å². The van der Waals surface area contributed by atoms with Crippen molar-refractivity contribution in [3.8, 4) is 0 Å². The van der Waals surface area contributed by atoms with Crippen LogP contribution < -0.4 is 0 Å². The van der Waals surface area contributed by atoms with E-state index in [-0.39, 0.29) is 47.7 Å². The predicted molar refractivity (Wildman–Crippen MR) is 166 cm³/mol. The summed E-state index contributed by atoms with van der Waals surface area (Å²) >= 11 is 0. The van der Waals surface area contributed by atoms with Gasteiger partial charge in [0.25, 0.3) is 0 Å². The molecule has 0 amide bonds. The summed E-state index contributed by atoms with van der Waals surface area (Å²) in [6.45, 7) is 16.6. The maximum absolute atomic E-state index is 13.7. The molecule has 0 spiro atoms. The van der Waals surface area contributed by atoms with Gasteiger partial charge >= 0.3 is 17.9 Å². The second kappa shape index (κ2) is 14.1. The lowest BCUT2D eigenvalue weighted by Gasteiger charge is -2.56. The van der Waals surface area contributed by atoms with Gasteiger partial charge in [0, 0.05) is 0 Å². The molecule has 4 aliphatic carbocycles. The van der Waals surface area contributed by atoms with E-state index in [1.807, 2.05) is 55.4 Å². The summed E-state index contributed by atoms with van der Waals surface area (Å²) in [6, 6.07) is 0. The van der Waals surface area contributed by atoms with Crippen LogP contribution in [0.4, 0.5) is 0 Å². The van der Waals surface area contributed by atoms with E-state index in [9.17, 15) is 14.4 Å². The Morgan fingerprint density at radius 2 is 1.05 bits per heavy atom. The molecule has 0 aromatic heterocycles. The third kappa shape index (κ3) is 10.0. The van der Waals surface area contributed by atoms with Crippen LogP contribution in [0, 0.1) is 28.6 Å². The first-order chi connectivity index (χ1) is 16.4. The van der Waals surface area contributed by atoms with Gasteiger partial charge in [-0.05, 0) is 131 Å². The first-order valence-corrected chi connectivity index (χ1v) is 14.0. The van der Waals surface area contributed by atoms with E-state index in [1.165, 1.54) is 19.3 Å². The number of hydrogen-bond donors (Lipinski definition) is 0. The van der Waals surface area contributed by atoms with Gasteiger partial charge in [0.15, 0.2) is 0 Å². The summed E-state index contributed by atoms with van der Waals surface area (Å²) in [6.07, 6.45) is 8.16. The molecule has 4 aliphatic rings. The van der Waals surface area contributed by atoms with Crippen molar-refractivity contribution in [2.45, 2.75) is 173 Å². The molecular weight excluding hydrogens is 504 g/mol. The molecule has 0 aromatic carbocycles. The van der Waals surface area contributed by atoms with Crippen molar-refractivity contribution in [2.75, 3.05) is 0 Å². The third-order valence-electron chi connectivity index (χ3n) is 8.64. The first kappa shape index (κ1) is 40.5. The van der Waals surface area contributed by atoms with Gasteiger partial charge in [0.1, 0.15) is 16.8 Å². The van der Waals surface area contributed by atoms with Crippen LogP contribution >= 0.6 is 0 Å². The Morgan fingerprint density at radius 3 is 1.43 bits per heavy atom. The smallest absolute Gasteiger partial charge is 0.312 e. The fourth-order valence-electron chi connectivity index (χ4n) is 6.81. The minimum atomic E-state index is -1.10. The molecule has 0 aromatic rings. The maximum Gasteiger partial charge on any atom is 0.312 e. The van der Waals surface area contributed by atoms with Crippen LogP contribution in [0.5, 0.6) is 0 Å². The highest BCUT2D eigenvalue weighted by Gasteiger charge is 2.54. The minimum absolute atomic E-state index is 0. The topological polar surface area (TPSA) is 78.9 Å². The van der Waals surface area contributed by atoms with Crippen molar-refractivity contribution in [1.82, 2.24) is 0 Å². The number of ether oxygens (including phenoxy) is 3. The lowest BCUT2D eigenvalue weighted by Crippen LogP contribution is -2.54. The Hall–Kier alpha value is -1.59. The van der Waals surface area contributed by atoms with Gasteiger partial charge < -0.3 is 14.2 Å². The molecule has 0 N–H and O–H groups in total. The van der Waals surface area contributed by atoms with Gasteiger partial charge in [-0.25, -0.2) is 0 Å². The third-order valence-corrected chi connectivity index (χ3v) is 8.64. The monoisotopic (exact) mass is 570 g/mol. The molecular formula is C34H66O6. The second-order valence-electron chi connectivity index (χ2n) is 14.7. The van der Waals surface area contributed by atoms with Gasteiger partial charge in [0.05, 0.1) is 17.3 Å². The zero-order chi connectivity index (χ0) is 27.2. The van der Waals surface area contributed by atoms with Gasteiger partial charge in [0.2, 0.25) is 0 Å². The molecule has 0 saturated heterocycles. The highest BCUT2D eigenvalue weighted by atomic mass is 16.6. The van der Waals surface area contributed by atoms with Gasteiger partial charge in [-0.3, -0.25) is 14.4 Å². The standard InChI is InChI=1S/C30H50O6.4CH4/c1-10-28(8,24(32)36-30-16-20-13-21(17-30)15-22(14-20)18-30)11-12-29(9,25(33)35-27(5,6)7)19-23(31)34-26(2,3)4;;;;/h20-22H,10-19H2,1-9H3;4*1H4. The summed E-state index contributed by atoms with van der Waals surface area (Å²) < 4.78 is 17.7. The van der Waals surface area contributed by atoms with E-state index in [4.69, 9.17) is 14.2 Å². The highest BCUT2D eigenvalue weighted by Crippen LogP contribution is 2.57. The Balaban J connectivity index is 0. The maximum atomic E-state index is 13.7. The van der Waals surface area contributed by atoms with Gasteiger partial charge in [-0.15, -0.1) is 0 Å². The molecule has 4 fully saturated rings. The largest absolute Gasteiger partial charge is 0.460 e. The second-order valence-corrected chi connectivity index (χ2v) is 14.7. The van der Waals surface area contributed by atoms with E-state index >= 15 is 0 Å². The molecule has 0 aliphatic heterocycles. The molecule has 6 nitrogen and oxygen atoms in total. The lowest BCUT2D eigenvalue weighted by molar-refractivity contribution is -0.198. The Morgan fingerprint density at radius 1 is 0.650 bits per heavy atom. The zero-order valence-corrected chi connectivity index (χ0v) is 24.3. The van der Waals surface area contributed by atoms with Crippen molar-refractivity contribution < 1.29 is 28.6 Å². The van der Waals surface area contributed by atoms with E-state index in [1.54, 1.807) is 6.92 Å². The minimum Gasteiger partial charge on any atom is -0.460 e. The Bertz CT molecular complexity index is 812. The molecule has 0 radical (unpaired) electrons. The molecule has 238 valence electrons. The van der Waals surface area contributed by atoms with Crippen molar-refractivity contribution >= 4 is 17.9 Å². The van der Waals surface area contributed by atoms with Crippen molar-refractivity contribution in [3.05, 3.63) is 0 Å². The summed E-state index contributed by atoms with van der Waals surface area (Å²) in [5.41, 5.74) is -3.47. The predicted octanol–water partition coefficient (Wildman–Crippen LogP) is 9.32. The van der Waals surface area contributed by atoms with Crippen molar-refractivity contribution in [1.29, 1.82) is 0 Å². The van der Waals surface area contributed by atoms with Gasteiger partial charge in [-0.1, -0.05) is 36.6 Å². The van der Waals surface area contributed by atoms with E-state index in [0.29, 0.717) is 37.0 Å². The first-order valence-electron chi connectivity index (χ1n) is 14.0. The highest BCUT2D eigenvalue weighted by molar-refractivity contribution is 5.84. The molecule has 40 heavy (non-hydrogen) atoms. The molecule has 6 heteroatoms. The molecule has 4 rings (SSSR count). The summed E-state index contributed by atoms with van der Waals surface area (Å²) in [5.74, 6) is 1.05. The number of carbonyl (C=O) groups is 3. The molecule has 2 unspecified atom stereocenters. The van der Waals surface area contributed by atoms with Crippen LogP contribution in [0.25, 0.3) is 0 Å². The van der Waals surface area contributed by atoms with E-state index in [2.05, 4.69) is 0 Å². The molecule has 4 saturated carbocycles. The molecule has 4 bridgehead atoms. The van der Waals surface area contributed by atoms with Gasteiger partial charge in [-0.2, -0.15) is 0 Å². The lowest BCUT2D eigenvalue weighted by atomic mass is 9.54. The normalized spacial score (nSPS) is 27.7. The van der Waals surface area contributed by atoms with Crippen molar-refractivity contribution in [3.63, 3.8) is 0 Å². The summed E-state index contributed by atoms with van der Waals surface area (Å²) in [5, 5.41) is 0. The molecule has 0 heterocycles. The zero-order valence-electron chi connectivity index (χ0n) is 24.3. The Labute approximate surface area is 248 Å². The summed E-state index contributed by atoms with van der Waals surface area (Å²) in [7, 11) is 0.